The first-order valence-corrected chi connectivity index (χ1v) is 9.48. The first kappa shape index (κ1) is 17.6. The Labute approximate surface area is 159 Å². The van der Waals surface area contributed by atoms with Gasteiger partial charge in [0.1, 0.15) is 6.33 Å². The Hall–Kier alpha value is -2.76. The zero-order valence-corrected chi connectivity index (χ0v) is 15.6. The van der Waals surface area contributed by atoms with Crippen molar-refractivity contribution in [2.75, 3.05) is 19.6 Å². The molecule has 6 nitrogen and oxygen atoms in total. The van der Waals surface area contributed by atoms with E-state index in [-0.39, 0.29) is 11.8 Å². The molecule has 1 saturated heterocycles. The lowest BCUT2D eigenvalue weighted by Gasteiger charge is -2.42. The Morgan fingerprint density at radius 2 is 1.93 bits per heavy atom. The standard InChI is InChI=1S/C21H24N4O2/c1-21(20(27)24-11-8-17-12-22-15-23-18(17)13-24)9-5-10-25(14-21)19(26)16-6-3-2-4-7-16/h2-4,6-7,12,15H,5,8-11,13-14H2,1H3/t21-/m0/s1. The molecule has 1 aromatic heterocycles. The summed E-state index contributed by atoms with van der Waals surface area (Å²) in [6, 6.07) is 9.30. The molecule has 2 aliphatic rings. The molecule has 0 unspecified atom stereocenters. The minimum absolute atomic E-state index is 0.00561. The van der Waals surface area contributed by atoms with Gasteiger partial charge in [0.2, 0.25) is 5.91 Å². The Balaban J connectivity index is 1.49. The van der Waals surface area contributed by atoms with Crippen LogP contribution in [0.1, 0.15) is 41.4 Å². The molecule has 0 N–H and O–H groups in total. The highest BCUT2D eigenvalue weighted by Crippen LogP contribution is 2.33. The third kappa shape index (κ3) is 3.44. The summed E-state index contributed by atoms with van der Waals surface area (Å²) in [7, 11) is 0. The second-order valence-corrected chi connectivity index (χ2v) is 7.73. The van der Waals surface area contributed by atoms with Crippen molar-refractivity contribution in [3.05, 3.63) is 59.7 Å². The van der Waals surface area contributed by atoms with E-state index >= 15 is 0 Å². The smallest absolute Gasteiger partial charge is 0.253 e. The quantitative estimate of drug-likeness (QED) is 0.820. The van der Waals surface area contributed by atoms with E-state index in [1.807, 2.05) is 53.3 Å². The van der Waals surface area contributed by atoms with Crippen molar-refractivity contribution in [3.63, 3.8) is 0 Å². The molecule has 2 aromatic rings. The predicted molar refractivity (Wildman–Crippen MR) is 101 cm³/mol. The molecule has 1 atom stereocenters. The molecule has 0 spiro atoms. The van der Waals surface area contributed by atoms with Crippen LogP contribution in [-0.2, 0) is 17.8 Å². The number of hydrogen-bond acceptors (Lipinski definition) is 4. The molecule has 1 fully saturated rings. The third-order valence-corrected chi connectivity index (χ3v) is 5.68. The highest BCUT2D eigenvalue weighted by molar-refractivity contribution is 5.95. The molecule has 0 aliphatic carbocycles. The summed E-state index contributed by atoms with van der Waals surface area (Å²) in [6.07, 6.45) is 5.80. The Morgan fingerprint density at radius 1 is 1.11 bits per heavy atom. The first-order chi connectivity index (χ1) is 13.1. The van der Waals surface area contributed by atoms with Gasteiger partial charge in [0.05, 0.1) is 17.7 Å². The minimum Gasteiger partial charge on any atom is -0.338 e. The number of fused-ring (bicyclic) bond motifs is 1. The van der Waals surface area contributed by atoms with Crippen LogP contribution in [0, 0.1) is 5.41 Å². The van der Waals surface area contributed by atoms with E-state index in [1.165, 1.54) is 6.33 Å². The maximum atomic E-state index is 13.3. The highest BCUT2D eigenvalue weighted by Gasteiger charge is 2.42. The molecule has 140 valence electrons. The summed E-state index contributed by atoms with van der Waals surface area (Å²) in [6.45, 7) is 4.37. The van der Waals surface area contributed by atoms with Crippen molar-refractivity contribution in [2.45, 2.75) is 32.7 Å². The van der Waals surface area contributed by atoms with E-state index < -0.39 is 5.41 Å². The van der Waals surface area contributed by atoms with Crippen molar-refractivity contribution >= 4 is 11.8 Å². The van der Waals surface area contributed by atoms with Gasteiger partial charge in [-0.15, -0.1) is 0 Å². The minimum atomic E-state index is -0.548. The lowest BCUT2D eigenvalue weighted by atomic mass is 9.80. The fraction of sp³-hybridized carbons (Fsp3) is 0.429. The lowest BCUT2D eigenvalue weighted by Crippen LogP contribution is -2.53. The third-order valence-electron chi connectivity index (χ3n) is 5.68. The van der Waals surface area contributed by atoms with Crippen LogP contribution in [-0.4, -0.2) is 51.2 Å². The van der Waals surface area contributed by atoms with Crippen molar-refractivity contribution in [1.29, 1.82) is 0 Å². The number of amides is 2. The van der Waals surface area contributed by atoms with Gasteiger partial charge in [0.15, 0.2) is 0 Å². The van der Waals surface area contributed by atoms with Crippen LogP contribution in [0.2, 0.25) is 0 Å². The van der Waals surface area contributed by atoms with Gasteiger partial charge in [-0.2, -0.15) is 0 Å². The molecule has 2 aliphatic heterocycles. The van der Waals surface area contributed by atoms with E-state index in [0.29, 0.717) is 31.7 Å². The number of benzene rings is 1. The Bertz CT molecular complexity index is 854. The van der Waals surface area contributed by atoms with Gasteiger partial charge in [-0.25, -0.2) is 9.97 Å². The molecule has 3 heterocycles. The average Bonchev–Trinajstić information content (AvgIpc) is 2.73. The van der Waals surface area contributed by atoms with Crippen LogP contribution in [0.5, 0.6) is 0 Å². The number of rotatable bonds is 2. The maximum Gasteiger partial charge on any atom is 0.253 e. The van der Waals surface area contributed by atoms with Gasteiger partial charge >= 0.3 is 0 Å². The summed E-state index contributed by atoms with van der Waals surface area (Å²) in [5.41, 5.74) is 2.18. The molecule has 0 radical (unpaired) electrons. The highest BCUT2D eigenvalue weighted by atomic mass is 16.2. The van der Waals surface area contributed by atoms with Gasteiger partial charge < -0.3 is 9.80 Å². The van der Waals surface area contributed by atoms with Gasteiger partial charge in [0, 0.05) is 31.4 Å². The fourth-order valence-corrected chi connectivity index (χ4v) is 4.16. The first-order valence-electron chi connectivity index (χ1n) is 9.48. The molecule has 4 rings (SSSR count). The van der Waals surface area contributed by atoms with Gasteiger partial charge in [0.25, 0.3) is 5.91 Å². The molecule has 0 bridgehead atoms. The summed E-state index contributed by atoms with van der Waals surface area (Å²) in [5.74, 6) is 0.128. The van der Waals surface area contributed by atoms with Crippen LogP contribution >= 0.6 is 0 Å². The second-order valence-electron chi connectivity index (χ2n) is 7.73. The van der Waals surface area contributed by atoms with E-state index in [2.05, 4.69) is 9.97 Å². The zero-order valence-electron chi connectivity index (χ0n) is 15.6. The van der Waals surface area contributed by atoms with Crippen molar-refractivity contribution in [3.8, 4) is 0 Å². The number of carbonyl (C=O) groups excluding carboxylic acids is 2. The molecule has 0 saturated carbocycles. The van der Waals surface area contributed by atoms with Crippen molar-refractivity contribution < 1.29 is 9.59 Å². The summed E-state index contributed by atoms with van der Waals surface area (Å²) < 4.78 is 0. The van der Waals surface area contributed by atoms with Gasteiger partial charge in [-0.05, 0) is 43.9 Å². The second kappa shape index (κ2) is 7.10. The van der Waals surface area contributed by atoms with Gasteiger partial charge in [-0.1, -0.05) is 18.2 Å². The Kier molecular flexibility index (Phi) is 4.64. The molecule has 1 aromatic carbocycles. The largest absolute Gasteiger partial charge is 0.338 e. The van der Waals surface area contributed by atoms with Gasteiger partial charge in [-0.3, -0.25) is 9.59 Å². The molecule has 2 amide bonds. The number of nitrogens with zero attached hydrogens (tertiary/aromatic N) is 4. The molecule has 27 heavy (non-hydrogen) atoms. The number of aromatic nitrogens is 2. The normalized spacial score (nSPS) is 22.3. The maximum absolute atomic E-state index is 13.3. The average molecular weight is 364 g/mol. The Morgan fingerprint density at radius 3 is 2.74 bits per heavy atom. The summed E-state index contributed by atoms with van der Waals surface area (Å²) >= 11 is 0. The topological polar surface area (TPSA) is 66.4 Å². The van der Waals surface area contributed by atoms with E-state index in [1.54, 1.807) is 0 Å². The predicted octanol–water partition coefficient (Wildman–Crippen LogP) is 2.30. The zero-order chi connectivity index (χ0) is 18.9. The van der Waals surface area contributed by atoms with E-state index in [9.17, 15) is 9.59 Å². The van der Waals surface area contributed by atoms with Crippen LogP contribution in [0.25, 0.3) is 0 Å². The number of likely N-dealkylation sites (tertiary alicyclic amines) is 1. The van der Waals surface area contributed by atoms with E-state index in [4.69, 9.17) is 0 Å². The van der Waals surface area contributed by atoms with E-state index in [0.717, 1.165) is 30.5 Å². The number of piperidine rings is 1. The fourth-order valence-electron chi connectivity index (χ4n) is 4.16. The number of carbonyl (C=O) groups is 2. The van der Waals surface area contributed by atoms with Crippen LogP contribution in [0.15, 0.2) is 42.9 Å². The molecule has 6 heteroatoms. The van der Waals surface area contributed by atoms with Crippen molar-refractivity contribution in [1.82, 2.24) is 19.8 Å². The van der Waals surface area contributed by atoms with Crippen LogP contribution in [0.4, 0.5) is 0 Å². The number of hydrogen-bond donors (Lipinski definition) is 0. The molecular weight excluding hydrogens is 340 g/mol. The lowest BCUT2D eigenvalue weighted by molar-refractivity contribution is -0.144. The monoisotopic (exact) mass is 364 g/mol. The summed E-state index contributed by atoms with van der Waals surface area (Å²) in [4.78, 5) is 38.3. The molecular formula is C21H24N4O2. The van der Waals surface area contributed by atoms with Crippen molar-refractivity contribution in [2.24, 2.45) is 5.41 Å². The summed E-state index contributed by atoms with van der Waals surface area (Å²) in [5, 5.41) is 0. The SMILES string of the molecule is C[C@]1(C(=O)N2CCc3cncnc3C2)CCCN(C(=O)c2ccccc2)C1. The van der Waals surface area contributed by atoms with Crippen LogP contribution in [0.3, 0.4) is 0 Å². The van der Waals surface area contributed by atoms with Crippen LogP contribution < -0.4 is 0 Å².